The van der Waals surface area contributed by atoms with Gasteiger partial charge in [0.25, 0.3) is 0 Å². The van der Waals surface area contributed by atoms with Crippen LogP contribution in [0.3, 0.4) is 0 Å². The minimum absolute atomic E-state index is 0.120. The highest BCUT2D eigenvalue weighted by atomic mass is 16.5. The van der Waals surface area contributed by atoms with Gasteiger partial charge in [-0.3, -0.25) is 14.7 Å². The summed E-state index contributed by atoms with van der Waals surface area (Å²) in [5.74, 6) is 0.779. The van der Waals surface area contributed by atoms with Gasteiger partial charge in [0.05, 0.1) is 23.9 Å². The number of rotatable bonds is 4. The van der Waals surface area contributed by atoms with E-state index >= 15 is 0 Å². The zero-order chi connectivity index (χ0) is 20.5. The fourth-order valence-corrected chi connectivity index (χ4v) is 4.75. The number of aliphatic hydroxyl groups is 1. The predicted octanol–water partition coefficient (Wildman–Crippen LogP) is 1.72. The summed E-state index contributed by atoms with van der Waals surface area (Å²) in [6.07, 6.45) is 3.21. The first kappa shape index (κ1) is 21.0. The molecule has 7 heteroatoms. The molecule has 0 radical (unpaired) electrons. The number of hydrogen-bond acceptors (Lipinski definition) is 6. The van der Waals surface area contributed by atoms with E-state index in [1.807, 2.05) is 27.0 Å². The van der Waals surface area contributed by atoms with Gasteiger partial charge in [-0.05, 0) is 40.0 Å². The second kappa shape index (κ2) is 7.97. The van der Waals surface area contributed by atoms with Crippen LogP contribution >= 0.6 is 0 Å². The molecule has 2 aliphatic heterocycles. The highest BCUT2D eigenvalue weighted by Gasteiger charge is 2.53. The van der Waals surface area contributed by atoms with E-state index in [1.165, 1.54) is 6.92 Å². The molecule has 1 spiro atoms. The third-order valence-corrected chi connectivity index (χ3v) is 6.40. The quantitative estimate of drug-likeness (QED) is 0.813. The van der Waals surface area contributed by atoms with Gasteiger partial charge < -0.3 is 19.9 Å². The van der Waals surface area contributed by atoms with Crippen LogP contribution in [0.4, 0.5) is 0 Å². The molecule has 0 unspecified atom stereocenters. The molecule has 7 nitrogen and oxygen atoms in total. The van der Waals surface area contributed by atoms with Gasteiger partial charge in [0.2, 0.25) is 5.91 Å². The molecule has 2 saturated heterocycles. The van der Waals surface area contributed by atoms with Gasteiger partial charge in [0.1, 0.15) is 11.9 Å². The van der Waals surface area contributed by atoms with Gasteiger partial charge in [-0.15, -0.1) is 0 Å². The van der Waals surface area contributed by atoms with Crippen LogP contribution in [0.2, 0.25) is 0 Å². The molecule has 156 valence electrons. The van der Waals surface area contributed by atoms with E-state index in [9.17, 15) is 9.90 Å². The number of aromatic nitrogens is 1. The molecule has 28 heavy (non-hydrogen) atoms. The summed E-state index contributed by atoms with van der Waals surface area (Å²) < 4.78 is 11.6. The van der Waals surface area contributed by atoms with Crippen molar-refractivity contribution in [2.45, 2.75) is 70.7 Å². The summed E-state index contributed by atoms with van der Waals surface area (Å²) >= 11 is 0. The molecule has 0 saturated carbocycles. The standard InChI is InChI=1S/C21H33N3O4/c1-14-12-22-17(15(2)18(14)27-5)13-24-9-6-21(7-10-24)19(26)20(4,8-11-28-21)23-16(3)25/h12,19,26H,6-11,13H2,1-5H3,(H,23,25)/t19-,20+/m0/s1. The number of methoxy groups -OCH3 is 1. The number of pyridine rings is 1. The molecule has 3 rings (SSSR count). The number of piperidine rings is 1. The summed E-state index contributed by atoms with van der Waals surface area (Å²) in [7, 11) is 1.69. The molecule has 2 atom stereocenters. The second-order valence-corrected chi connectivity index (χ2v) is 8.49. The third kappa shape index (κ3) is 3.88. The molecule has 1 aromatic heterocycles. The lowest BCUT2D eigenvalue weighted by molar-refractivity contribution is -0.208. The second-order valence-electron chi connectivity index (χ2n) is 8.49. The van der Waals surface area contributed by atoms with Crippen molar-refractivity contribution >= 4 is 5.91 Å². The van der Waals surface area contributed by atoms with Gasteiger partial charge in [-0.2, -0.15) is 0 Å². The lowest BCUT2D eigenvalue weighted by atomic mass is 9.73. The topological polar surface area (TPSA) is 83.9 Å². The van der Waals surface area contributed by atoms with Gasteiger partial charge in [0, 0.05) is 50.5 Å². The van der Waals surface area contributed by atoms with Crippen LogP contribution in [0.25, 0.3) is 0 Å². The van der Waals surface area contributed by atoms with Crippen LogP contribution < -0.4 is 10.1 Å². The molecule has 0 aromatic carbocycles. The Morgan fingerprint density at radius 3 is 2.68 bits per heavy atom. The highest BCUT2D eigenvalue weighted by molar-refractivity contribution is 5.74. The lowest BCUT2D eigenvalue weighted by Gasteiger charge is -2.53. The first-order valence-electron chi connectivity index (χ1n) is 10.0. The number of hydrogen-bond donors (Lipinski definition) is 2. The van der Waals surface area contributed by atoms with Gasteiger partial charge >= 0.3 is 0 Å². The maximum absolute atomic E-state index is 11.6. The fraction of sp³-hybridized carbons (Fsp3) is 0.714. The Labute approximate surface area is 167 Å². The molecule has 0 bridgehead atoms. The zero-order valence-electron chi connectivity index (χ0n) is 17.7. The number of carbonyl (C=O) groups excluding carboxylic acids is 1. The predicted molar refractivity (Wildman–Crippen MR) is 106 cm³/mol. The van der Waals surface area contributed by atoms with Gasteiger partial charge in [0.15, 0.2) is 0 Å². The first-order chi connectivity index (χ1) is 13.2. The SMILES string of the molecule is COc1c(C)cnc(CN2CCC3(CC2)OCC[C@@](C)(NC(C)=O)[C@@H]3O)c1C. The van der Waals surface area contributed by atoms with Crippen molar-refractivity contribution in [2.24, 2.45) is 0 Å². The smallest absolute Gasteiger partial charge is 0.217 e. The maximum atomic E-state index is 11.6. The molecule has 2 fully saturated rings. The Hall–Kier alpha value is -1.70. The van der Waals surface area contributed by atoms with E-state index < -0.39 is 17.2 Å². The van der Waals surface area contributed by atoms with Crippen LogP contribution in [0.1, 0.15) is 49.9 Å². The number of aryl methyl sites for hydroxylation is 1. The Kier molecular flexibility index (Phi) is 5.98. The van der Waals surface area contributed by atoms with Crippen molar-refractivity contribution in [1.29, 1.82) is 0 Å². The summed E-state index contributed by atoms with van der Waals surface area (Å²) in [6.45, 7) is 10.4. The third-order valence-electron chi connectivity index (χ3n) is 6.40. The van der Waals surface area contributed by atoms with E-state index in [4.69, 9.17) is 9.47 Å². The largest absolute Gasteiger partial charge is 0.496 e. The van der Waals surface area contributed by atoms with Crippen LogP contribution in [-0.2, 0) is 16.1 Å². The molecule has 3 heterocycles. The first-order valence-corrected chi connectivity index (χ1v) is 10.0. The molecule has 2 N–H and O–H groups in total. The summed E-state index contributed by atoms with van der Waals surface area (Å²) in [6, 6.07) is 0. The van der Waals surface area contributed by atoms with E-state index in [-0.39, 0.29) is 5.91 Å². The Morgan fingerprint density at radius 2 is 2.07 bits per heavy atom. The number of ether oxygens (including phenoxy) is 2. The average molecular weight is 392 g/mol. The summed E-state index contributed by atoms with van der Waals surface area (Å²) in [5, 5.41) is 14.0. The molecule has 0 aliphatic carbocycles. The van der Waals surface area contributed by atoms with Crippen molar-refractivity contribution in [2.75, 3.05) is 26.8 Å². The fourth-order valence-electron chi connectivity index (χ4n) is 4.75. The molecule has 1 amide bonds. The van der Waals surface area contributed by atoms with E-state index in [0.717, 1.165) is 55.0 Å². The monoisotopic (exact) mass is 391 g/mol. The number of nitrogens with zero attached hydrogens (tertiary/aromatic N) is 2. The minimum atomic E-state index is -0.723. The molecular formula is C21H33N3O4. The normalized spacial score (nSPS) is 27.6. The number of nitrogens with one attached hydrogen (secondary N) is 1. The average Bonchev–Trinajstić information content (AvgIpc) is 2.64. The maximum Gasteiger partial charge on any atom is 0.217 e. The Bertz CT molecular complexity index is 731. The number of carbonyl (C=O) groups is 1. The van der Waals surface area contributed by atoms with Crippen molar-refractivity contribution in [3.8, 4) is 5.75 Å². The van der Waals surface area contributed by atoms with E-state index in [2.05, 4.69) is 15.2 Å². The van der Waals surface area contributed by atoms with Crippen LogP contribution in [0.5, 0.6) is 5.75 Å². The summed E-state index contributed by atoms with van der Waals surface area (Å²) in [5.41, 5.74) is 1.90. The van der Waals surface area contributed by atoms with Crippen molar-refractivity contribution < 1.29 is 19.4 Å². The van der Waals surface area contributed by atoms with Gasteiger partial charge in [-0.25, -0.2) is 0 Å². The van der Waals surface area contributed by atoms with E-state index in [1.54, 1.807) is 7.11 Å². The Balaban J connectivity index is 1.68. The van der Waals surface area contributed by atoms with E-state index in [0.29, 0.717) is 13.0 Å². The lowest BCUT2D eigenvalue weighted by Crippen LogP contribution is -2.69. The minimum Gasteiger partial charge on any atom is -0.496 e. The van der Waals surface area contributed by atoms with Crippen molar-refractivity contribution in [1.82, 2.24) is 15.2 Å². The number of amides is 1. The van der Waals surface area contributed by atoms with Crippen LogP contribution in [0, 0.1) is 13.8 Å². The molecule has 2 aliphatic rings. The Morgan fingerprint density at radius 1 is 1.39 bits per heavy atom. The highest BCUT2D eigenvalue weighted by Crippen LogP contribution is 2.40. The summed E-state index contributed by atoms with van der Waals surface area (Å²) in [4.78, 5) is 18.6. The number of aliphatic hydroxyl groups excluding tert-OH is 1. The zero-order valence-corrected chi connectivity index (χ0v) is 17.7. The van der Waals surface area contributed by atoms with Gasteiger partial charge in [-0.1, -0.05) is 0 Å². The molecule has 1 aromatic rings. The molecular weight excluding hydrogens is 358 g/mol. The number of likely N-dealkylation sites (tertiary alicyclic amines) is 1. The van der Waals surface area contributed by atoms with Crippen molar-refractivity contribution in [3.05, 3.63) is 23.0 Å². The van der Waals surface area contributed by atoms with Crippen molar-refractivity contribution in [3.63, 3.8) is 0 Å². The van der Waals surface area contributed by atoms with Crippen LogP contribution in [-0.4, -0.2) is 64.9 Å². The van der Waals surface area contributed by atoms with Crippen LogP contribution in [0.15, 0.2) is 6.20 Å².